The lowest BCUT2D eigenvalue weighted by molar-refractivity contribution is -0.144. The Morgan fingerprint density at radius 1 is 0.985 bits per heavy atom. The highest BCUT2D eigenvalue weighted by molar-refractivity contribution is 9.10. The van der Waals surface area contributed by atoms with E-state index in [-0.39, 0.29) is 57.2 Å². The number of benzene rings is 2. The number of likely N-dealkylation sites (tertiary alicyclic amines) is 1. The van der Waals surface area contributed by atoms with Gasteiger partial charge >= 0.3 is 0 Å². The minimum Gasteiger partial charge on any atom is -0.391 e. The van der Waals surface area contributed by atoms with Gasteiger partial charge in [0.15, 0.2) is 0 Å². The number of aryl methyl sites for hydroxylation is 2. The number of piperidine rings is 1. The van der Waals surface area contributed by atoms with Crippen LogP contribution in [-0.4, -0.2) is 123 Å². The fourth-order valence-electron chi connectivity index (χ4n) is 8.22. The zero-order valence-electron chi connectivity index (χ0n) is 39.0. The molecule has 2 aromatic carbocycles. The first-order valence-corrected chi connectivity index (χ1v) is 25.7. The number of nitrogens with zero attached hydrogens (tertiary/aromatic N) is 5. The van der Waals surface area contributed by atoms with Crippen LogP contribution in [0.5, 0.6) is 0 Å². The standard InChI is InChI=1S/C46H60BrN11O8S2/c1-26-8-7-9-34(38(26)41(48)62)54-42-33(47)23-50-45(56-42)53-31-16-19-57(20-17-31)68(65,66)21-18-49-36(60)14-15-37(61)55-40(46(4,5)6)44(64)58-24-32(59)22-35(58)43(63)52-27(2)29-10-12-30(13-11-29)39-28(3)51-25-67-39/h7-13,23,25,27,31-32,35,40,59H,14-22,24H2,1-6H3,(H2,48,62)(H,49,60)(H,52,63)(H,55,61)(H2,50,53,54,56)/t27-,32+,35-,40+/m0/s1. The van der Waals surface area contributed by atoms with E-state index in [0.717, 1.165) is 21.7 Å². The zero-order valence-corrected chi connectivity index (χ0v) is 42.2. The summed E-state index contributed by atoms with van der Waals surface area (Å²) in [5.41, 5.74) is 11.0. The highest BCUT2D eigenvalue weighted by Gasteiger charge is 2.45. The molecule has 4 heterocycles. The minimum atomic E-state index is -3.73. The molecule has 68 heavy (non-hydrogen) atoms. The maximum absolute atomic E-state index is 14.1. The van der Waals surface area contributed by atoms with Crippen molar-refractivity contribution in [2.45, 2.75) is 104 Å². The Labute approximate surface area is 409 Å². The van der Waals surface area contributed by atoms with E-state index in [1.165, 1.54) is 9.21 Å². The average molecular weight is 1040 g/mol. The van der Waals surface area contributed by atoms with Crippen molar-refractivity contribution < 1.29 is 37.5 Å². The zero-order chi connectivity index (χ0) is 49.5. The van der Waals surface area contributed by atoms with E-state index in [1.807, 2.05) is 38.1 Å². The lowest BCUT2D eigenvalue weighted by Gasteiger charge is -2.35. The van der Waals surface area contributed by atoms with E-state index in [9.17, 15) is 37.5 Å². The summed E-state index contributed by atoms with van der Waals surface area (Å²) in [5.74, 6) is -2.26. The predicted molar refractivity (Wildman–Crippen MR) is 263 cm³/mol. The van der Waals surface area contributed by atoms with Gasteiger partial charge in [0.1, 0.15) is 17.9 Å². The summed E-state index contributed by atoms with van der Waals surface area (Å²) in [6, 6.07) is 10.5. The summed E-state index contributed by atoms with van der Waals surface area (Å²) < 4.78 is 28.4. The number of anilines is 3. The minimum absolute atomic E-state index is 0.0317. The van der Waals surface area contributed by atoms with Crippen LogP contribution < -0.4 is 32.3 Å². The fourth-order valence-corrected chi connectivity index (χ4v) is 10.7. The van der Waals surface area contributed by atoms with Crippen LogP contribution in [0.25, 0.3) is 10.4 Å². The van der Waals surface area contributed by atoms with E-state index in [1.54, 1.807) is 68.9 Å². The number of sulfonamides is 1. The average Bonchev–Trinajstić information content (AvgIpc) is 3.90. The molecular formula is C46H60BrN11O8S2. The van der Waals surface area contributed by atoms with Gasteiger partial charge in [-0.2, -0.15) is 4.98 Å². The van der Waals surface area contributed by atoms with Crippen molar-refractivity contribution in [3.05, 3.63) is 81.0 Å². The SMILES string of the molecule is Cc1cccc(Nc2nc(NC3CCN(S(=O)(=O)CCNC(=O)CCC(=O)N[C@H](C(=O)N4C[C@H](O)C[C@H]4C(=O)N[C@@H](C)c4ccc(-c5scnc5C)cc4)C(C)(C)C)CC3)ncc2Br)c1C(N)=O. The maximum atomic E-state index is 14.1. The van der Waals surface area contributed by atoms with Gasteiger partial charge in [0.2, 0.25) is 39.6 Å². The Morgan fingerprint density at radius 3 is 2.32 bits per heavy atom. The monoisotopic (exact) mass is 1040 g/mol. The molecule has 22 heteroatoms. The lowest BCUT2D eigenvalue weighted by Crippen LogP contribution is -2.57. The van der Waals surface area contributed by atoms with Crippen molar-refractivity contribution in [1.29, 1.82) is 0 Å². The van der Waals surface area contributed by atoms with Crippen LogP contribution in [0, 0.1) is 19.3 Å². The van der Waals surface area contributed by atoms with E-state index >= 15 is 0 Å². The van der Waals surface area contributed by atoms with Gasteiger partial charge in [-0.1, -0.05) is 57.2 Å². The molecule has 8 N–H and O–H groups in total. The first-order valence-electron chi connectivity index (χ1n) is 22.4. The highest BCUT2D eigenvalue weighted by atomic mass is 79.9. The van der Waals surface area contributed by atoms with Crippen molar-refractivity contribution in [2.24, 2.45) is 11.1 Å². The van der Waals surface area contributed by atoms with Gasteiger partial charge in [0, 0.05) is 57.7 Å². The topological polar surface area (TPSA) is 271 Å². The molecule has 0 saturated carbocycles. The van der Waals surface area contributed by atoms with Crippen LogP contribution in [0.2, 0.25) is 0 Å². The number of carbonyl (C=O) groups is 5. The van der Waals surface area contributed by atoms with Crippen molar-refractivity contribution >= 4 is 84.3 Å². The van der Waals surface area contributed by atoms with Gasteiger partial charge in [-0.15, -0.1) is 11.3 Å². The molecule has 2 aliphatic heterocycles. The molecule has 2 aliphatic rings. The normalized spacial score (nSPS) is 17.8. The van der Waals surface area contributed by atoms with Crippen LogP contribution in [-0.2, 0) is 29.2 Å². The number of primary amides is 1. The molecule has 2 saturated heterocycles. The van der Waals surface area contributed by atoms with Crippen LogP contribution >= 0.6 is 27.3 Å². The molecule has 19 nitrogen and oxygen atoms in total. The Morgan fingerprint density at radius 2 is 1.68 bits per heavy atom. The van der Waals surface area contributed by atoms with Gasteiger partial charge in [-0.25, -0.2) is 22.7 Å². The Kier molecular flexibility index (Phi) is 17.0. The van der Waals surface area contributed by atoms with Crippen LogP contribution in [0.1, 0.15) is 93.0 Å². The number of thiazole rings is 1. The number of nitrogens with one attached hydrogen (secondary N) is 5. The number of carbonyl (C=O) groups excluding carboxylic acids is 5. The van der Waals surface area contributed by atoms with Crippen LogP contribution in [0.3, 0.4) is 0 Å². The second-order valence-corrected chi connectivity index (χ2v) is 22.0. The number of hydrogen-bond acceptors (Lipinski definition) is 14. The number of aliphatic hydroxyl groups excluding tert-OH is 1. The van der Waals surface area contributed by atoms with Crippen LogP contribution in [0.15, 0.2) is 58.6 Å². The first kappa shape index (κ1) is 51.8. The molecule has 0 bridgehead atoms. The van der Waals surface area contributed by atoms with Gasteiger partial charge in [0.25, 0.3) is 5.91 Å². The fraction of sp³-hybridized carbons (Fsp3) is 0.478. The largest absolute Gasteiger partial charge is 0.391 e. The number of halogens is 1. The summed E-state index contributed by atoms with van der Waals surface area (Å²) in [7, 11) is -3.73. The van der Waals surface area contributed by atoms with Crippen molar-refractivity contribution in [3.8, 4) is 10.4 Å². The summed E-state index contributed by atoms with van der Waals surface area (Å²) in [4.78, 5) is 81.5. The van der Waals surface area contributed by atoms with Gasteiger partial charge in [-0.3, -0.25) is 24.0 Å². The molecule has 2 fully saturated rings. The molecule has 0 spiro atoms. The Hall–Kier alpha value is -5.55. The third-order valence-corrected chi connectivity index (χ3v) is 15.4. The number of amides is 5. The molecule has 0 aliphatic carbocycles. The highest BCUT2D eigenvalue weighted by Crippen LogP contribution is 2.31. The maximum Gasteiger partial charge on any atom is 0.251 e. The summed E-state index contributed by atoms with van der Waals surface area (Å²) in [5, 5.41) is 25.4. The summed E-state index contributed by atoms with van der Waals surface area (Å²) in [6.45, 7) is 11.1. The van der Waals surface area contributed by atoms with Gasteiger partial charge in [-0.05, 0) is 77.7 Å². The molecule has 2 aromatic heterocycles. The quantitative estimate of drug-likeness (QED) is 0.0734. The molecule has 4 atom stereocenters. The number of aliphatic hydroxyl groups is 1. The number of aromatic nitrogens is 3. The predicted octanol–water partition coefficient (Wildman–Crippen LogP) is 4.29. The van der Waals surface area contributed by atoms with E-state index < -0.39 is 69.2 Å². The number of hydrogen-bond donors (Lipinski definition) is 7. The molecule has 5 amide bonds. The smallest absolute Gasteiger partial charge is 0.251 e. The lowest BCUT2D eigenvalue weighted by atomic mass is 9.85. The number of rotatable bonds is 18. The second-order valence-electron chi connectivity index (χ2n) is 18.2. The molecule has 0 unspecified atom stereocenters. The second kappa shape index (κ2) is 22.3. The van der Waals surface area contributed by atoms with Crippen LogP contribution in [0.4, 0.5) is 17.5 Å². The first-order chi connectivity index (χ1) is 32.1. The molecule has 0 radical (unpaired) electrons. The molecule has 4 aromatic rings. The van der Waals surface area contributed by atoms with Crippen molar-refractivity contribution in [1.82, 2.24) is 40.1 Å². The van der Waals surface area contributed by atoms with Gasteiger partial charge < -0.3 is 42.3 Å². The van der Waals surface area contributed by atoms with Gasteiger partial charge in [0.05, 0.1) is 49.7 Å². The van der Waals surface area contributed by atoms with E-state index in [2.05, 4.69) is 57.5 Å². The Bertz CT molecular complexity index is 2600. The van der Waals surface area contributed by atoms with E-state index in [0.29, 0.717) is 45.9 Å². The van der Waals surface area contributed by atoms with E-state index in [4.69, 9.17) is 5.73 Å². The summed E-state index contributed by atoms with van der Waals surface area (Å²) in [6.07, 6.45) is 1.07. The molecule has 366 valence electrons. The molecule has 6 rings (SSSR count). The van der Waals surface area contributed by atoms with Crippen molar-refractivity contribution in [3.63, 3.8) is 0 Å². The number of β-amino-alcohol motifs (C(OH)–C–C–N with tert-alkyl or cyclic N) is 1. The summed E-state index contributed by atoms with van der Waals surface area (Å²) >= 11 is 4.99. The van der Waals surface area contributed by atoms with Crippen molar-refractivity contribution in [2.75, 3.05) is 42.6 Å². The Balaban J connectivity index is 0.936. The number of nitrogens with two attached hydrogens (primary N) is 1. The third kappa shape index (κ3) is 13.2. The third-order valence-electron chi connectivity index (χ3n) is 12.0. The molecular weight excluding hydrogens is 979 g/mol.